The molecule has 0 aliphatic rings. The molecule has 0 fully saturated rings. The number of anilines is 6. The first-order chi connectivity index (χ1) is 45.5. The number of carboxylic acid groups (broad SMARTS) is 2. The Morgan fingerprint density at radius 3 is 1.46 bits per heavy atom. The van der Waals surface area contributed by atoms with E-state index in [9.17, 15) is 39.0 Å². The maximum absolute atomic E-state index is 13.2. The molecule has 0 aliphatic heterocycles. The normalized spacial score (nSPS) is 12.5. The number of rotatable bonds is 44. The van der Waals surface area contributed by atoms with Gasteiger partial charge in [0.05, 0.1) is 81.6 Å². The van der Waals surface area contributed by atoms with Crippen LogP contribution < -0.4 is 54.0 Å². The van der Waals surface area contributed by atoms with Gasteiger partial charge in [-0.1, -0.05) is 12.8 Å². The Bertz CT molecular complexity index is 3260. The zero-order chi connectivity index (χ0) is 68.9. The third-order valence-corrected chi connectivity index (χ3v) is 15.4. The van der Waals surface area contributed by atoms with E-state index in [2.05, 4.69) is 79.9 Å². The molecule has 0 aliphatic carbocycles. The molecule has 0 saturated carbocycles. The average molecular weight is 1320 g/mol. The number of aliphatic carboxylic acids is 2. The molecule has 4 aromatic heterocycles. The number of fused-ring (bicyclic) bond motifs is 2. The van der Waals surface area contributed by atoms with Gasteiger partial charge in [0.1, 0.15) is 12.1 Å². The molecule has 14 N–H and O–H groups in total. The summed E-state index contributed by atoms with van der Waals surface area (Å²) < 4.78 is 23.1. The van der Waals surface area contributed by atoms with Gasteiger partial charge in [-0.05, 0) is 134 Å². The lowest BCUT2D eigenvalue weighted by Gasteiger charge is -2.31. The van der Waals surface area contributed by atoms with Crippen LogP contribution in [0.25, 0.3) is 22.3 Å². The van der Waals surface area contributed by atoms with E-state index in [4.69, 9.17) is 41.9 Å². The number of amides is 4. The molecule has 6 rings (SSSR count). The van der Waals surface area contributed by atoms with Gasteiger partial charge in [-0.15, -0.1) is 0 Å². The summed E-state index contributed by atoms with van der Waals surface area (Å²) in [5.74, 6) is -4.12. The first-order valence-corrected chi connectivity index (χ1v) is 31.9. The van der Waals surface area contributed by atoms with Gasteiger partial charge >= 0.3 is 11.9 Å². The van der Waals surface area contributed by atoms with Crippen LogP contribution in [0.15, 0.2) is 60.9 Å². The molecule has 1 unspecified atom stereocenters. The molecule has 3 atom stereocenters. The molecule has 0 radical (unpaired) electrons. The zero-order valence-electron chi connectivity index (χ0n) is 55.2. The summed E-state index contributed by atoms with van der Waals surface area (Å²) >= 11 is 0. The summed E-state index contributed by atoms with van der Waals surface area (Å²) in [7, 11) is 3.66. The summed E-state index contributed by atoms with van der Waals surface area (Å²) in [6, 6.07) is 10.6. The number of hydrogen-bond acceptors (Lipinski definition) is 25. The van der Waals surface area contributed by atoms with E-state index in [1.165, 1.54) is 0 Å². The Morgan fingerprint density at radius 2 is 1.02 bits per heavy atom. The highest BCUT2D eigenvalue weighted by Crippen LogP contribution is 2.23. The van der Waals surface area contributed by atoms with Crippen LogP contribution in [-0.2, 0) is 51.2 Å². The van der Waals surface area contributed by atoms with Crippen molar-refractivity contribution in [2.24, 2.45) is 0 Å². The maximum atomic E-state index is 13.2. The van der Waals surface area contributed by atoms with Gasteiger partial charge in [-0.3, -0.25) is 19.2 Å². The highest BCUT2D eigenvalue weighted by Gasteiger charge is 2.25. The van der Waals surface area contributed by atoms with Gasteiger partial charge in [-0.2, -0.15) is 19.9 Å². The largest absolute Gasteiger partial charge is 0.480 e. The van der Waals surface area contributed by atoms with E-state index in [0.29, 0.717) is 101 Å². The minimum atomic E-state index is -1.29. The van der Waals surface area contributed by atoms with E-state index < -0.39 is 41.4 Å². The van der Waals surface area contributed by atoms with Crippen LogP contribution >= 0.6 is 0 Å². The van der Waals surface area contributed by atoms with Gasteiger partial charge < -0.3 is 88.1 Å². The third kappa shape index (κ3) is 25.8. The van der Waals surface area contributed by atoms with E-state index in [-0.39, 0.29) is 89.6 Å². The molecule has 0 saturated heterocycles. The summed E-state index contributed by atoms with van der Waals surface area (Å²) in [5, 5.41) is 30.8. The SMILES string of the molecule is CCOCCOCCOC(C)COC(C)(C)CCN(CCCCCNC(=O)CC[C@H](NC(=O)c1ccc(N(C)Cc2cnc3nc(N)nc(N)c3n2)cc1)C(=O)O)CCCCCNC(=O)CC[C@H](NC(=O)c1ccc(N(C)Cc2cnc3nc(N)nc(N)c3n2)cc1)C(=O)O. The zero-order valence-corrected chi connectivity index (χ0v) is 55.2. The number of hydrogen-bond donors (Lipinski definition) is 10. The van der Waals surface area contributed by atoms with Gasteiger partial charge in [0.25, 0.3) is 11.8 Å². The second kappa shape index (κ2) is 38.2. The van der Waals surface area contributed by atoms with Crippen molar-refractivity contribution in [3.05, 3.63) is 83.4 Å². The van der Waals surface area contributed by atoms with Gasteiger partial charge in [0.2, 0.25) is 23.7 Å². The molecule has 6 aromatic rings. The van der Waals surface area contributed by atoms with Crippen LogP contribution in [0.1, 0.15) is 130 Å². The van der Waals surface area contributed by atoms with Crippen molar-refractivity contribution in [1.82, 2.24) is 66.0 Å². The highest BCUT2D eigenvalue weighted by atomic mass is 16.6. The fraction of sp³-hybridized carbons (Fsp3) is 0.531. The Morgan fingerprint density at radius 1 is 0.579 bits per heavy atom. The summed E-state index contributed by atoms with van der Waals surface area (Å²) in [6.07, 6.45) is 8.06. The lowest BCUT2D eigenvalue weighted by molar-refractivity contribution is -0.140. The van der Waals surface area contributed by atoms with Gasteiger partial charge in [-0.25, -0.2) is 29.5 Å². The summed E-state index contributed by atoms with van der Waals surface area (Å²) in [5.41, 5.74) is 27.2. The van der Waals surface area contributed by atoms with Crippen LogP contribution in [-0.4, -0.2) is 201 Å². The fourth-order valence-corrected chi connectivity index (χ4v) is 9.88. The predicted molar refractivity (Wildman–Crippen MR) is 359 cm³/mol. The summed E-state index contributed by atoms with van der Waals surface area (Å²) in [6.45, 7) is 14.9. The highest BCUT2D eigenvalue weighted by molar-refractivity contribution is 5.98. The van der Waals surface area contributed by atoms with Crippen molar-refractivity contribution in [3.63, 3.8) is 0 Å². The number of nitrogen functional groups attached to an aromatic ring is 4. The smallest absolute Gasteiger partial charge is 0.326 e. The van der Waals surface area contributed by atoms with Crippen molar-refractivity contribution < 1.29 is 57.9 Å². The molecule has 31 heteroatoms. The minimum absolute atomic E-state index is 0.00242. The number of carbonyl (C=O) groups is 6. The van der Waals surface area contributed by atoms with Crippen molar-refractivity contribution in [2.75, 3.05) is 119 Å². The fourth-order valence-electron chi connectivity index (χ4n) is 9.88. The molecule has 0 bridgehead atoms. The standard InChI is InChI=1S/C64H93N19O12/c1-7-92-32-33-93-34-35-94-41(2)40-95-64(3,4)26-31-83(29-12-8-10-27-69-50(84)24-22-48(60(88)89)75-58(86)42-14-18-46(19-15-42)81(5)38-44-36-71-56-52(73-44)54(65)77-62(67)79-56)30-13-9-11-28-70-51(85)25-23-49(61(90)91)76-59(87)43-16-20-47(21-17-43)82(6)39-45-37-72-57-53(74-45)55(66)78-63(68)80-57/h14-21,36-37,41,48-49H,7-13,22-35,38-40H2,1-6H3,(H,69,84)(H,70,85)(H,75,86)(H,76,87)(H,88,89)(H,90,91)(H4,65,67,71,77,79)(H4,66,68,72,78,80)/t41?,48-,49-/m0/s1. The third-order valence-electron chi connectivity index (χ3n) is 15.4. The number of carbonyl (C=O) groups excluding carboxylic acids is 4. The topological polar surface area (TPSA) is 445 Å². The predicted octanol–water partition coefficient (Wildman–Crippen LogP) is 3.90. The van der Waals surface area contributed by atoms with Gasteiger partial charge in [0, 0.05) is 75.7 Å². The number of ether oxygens (including phenoxy) is 4. The lowest BCUT2D eigenvalue weighted by Crippen LogP contribution is -2.41. The molecule has 31 nitrogen and oxygen atoms in total. The van der Waals surface area contributed by atoms with Crippen LogP contribution in [0, 0.1) is 0 Å². The van der Waals surface area contributed by atoms with E-state index in [1.807, 2.05) is 37.7 Å². The van der Waals surface area contributed by atoms with Crippen molar-refractivity contribution in [1.29, 1.82) is 0 Å². The van der Waals surface area contributed by atoms with E-state index >= 15 is 0 Å². The van der Waals surface area contributed by atoms with Gasteiger partial charge in [0.15, 0.2) is 34.0 Å². The number of nitrogens with zero attached hydrogens (tertiary/aromatic N) is 11. The molecule has 0 spiro atoms. The van der Waals surface area contributed by atoms with Crippen LogP contribution in [0.2, 0.25) is 0 Å². The second-order valence-corrected chi connectivity index (χ2v) is 23.6. The number of nitrogens with one attached hydrogen (secondary N) is 4. The van der Waals surface area contributed by atoms with Crippen LogP contribution in [0.5, 0.6) is 0 Å². The molecule has 95 heavy (non-hydrogen) atoms. The number of unbranched alkanes of at least 4 members (excludes halogenated alkanes) is 4. The number of carboxylic acids is 2. The molecule has 4 amide bonds. The molecular formula is C64H93N19O12. The first-order valence-electron chi connectivity index (χ1n) is 31.9. The van der Waals surface area contributed by atoms with Crippen molar-refractivity contribution >= 4 is 92.8 Å². The van der Waals surface area contributed by atoms with Crippen LogP contribution in [0.3, 0.4) is 0 Å². The molecule has 2 aromatic carbocycles. The average Bonchev–Trinajstić information content (AvgIpc) is 0.844. The van der Waals surface area contributed by atoms with E-state index in [0.717, 1.165) is 63.1 Å². The Balaban J connectivity index is 0.889. The molecular weight excluding hydrogens is 1230 g/mol. The lowest BCUT2D eigenvalue weighted by atomic mass is 10.0. The quantitative estimate of drug-likeness (QED) is 0.0242. The van der Waals surface area contributed by atoms with Crippen molar-refractivity contribution in [2.45, 2.75) is 135 Å². The summed E-state index contributed by atoms with van der Waals surface area (Å²) in [4.78, 5) is 116. The maximum Gasteiger partial charge on any atom is 0.326 e. The van der Waals surface area contributed by atoms with Crippen molar-refractivity contribution in [3.8, 4) is 0 Å². The Kier molecular flexibility index (Phi) is 30.0. The Hall–Kier alpha value is -9.30. The number of aromatic nitrogens is 8. The monoisotopic (exact) mass is 1320 g/mol. The van der Waals surface area contributed by atoms with E-state index in [1.54, 1.807) is 60.9 Å². The molecule has 4 heterocycles. The van der Waals surface area contributed by atoms with Crippen LogP contribution in [0.4, 0.5) is 34.9 Å². The second-order valence-electron chi connectivity index (χ2n) is 23.6. The Labute approximate surface area is 552 Å². The minimum Gasteiger partial charge on any atom is -0.480 e. The number of nitrogens with two attached hydrogens (primary N) is 4. The molecule has 516 valence electrons. The first kappa shape index (κ1) is 74.7. The number of benzene rings is 2.